The van der Waals surface area contributed by atoms with Crippen LogP contribution in [-0.4, -0.2) is 40.9 Å². The first kappa shape index (κ1) is 15.2. The molecule has 1 aromatic rings. The molecule has 6 heteroatoms. The molecule has 1 aliphatic heterocycles. The highest BCUT2D eigenvalue weighted by atomic mass is 16.6. The number of amides is 1. The maximum atomic E-state index is 12.1. The topological polar surface area (TPSA) is 75.5 Å². The molecule has 2 rings (SSSR count). The Balaban J connectivity index is 1.99. The van der Waals surface area contributed by atoms with Gasteiger partial charge in [-0.3, -0.25) is 14.9 Å². The van der Waals surface area contributed by atoms with E-state index in [0.29, 0.717) is 13.1 Å². The number of nitrogens with one attached hydrogen (secondary N) is 1. The van der Waals surface area contributed by atoms with Gasteiger partial charge in [-0.2, -0.15) is 0 Å². The zero-order chi connectivity index (χ0) is 15.4. The van der Waals surface area contributed by atoms with E-state index in [-0.39, 0.29) is 23.7 Å². The van der Waals surface area contributed by atoms with Crippen molar-refractivity contribution in [3.05, 3.63) is 46.0 Å². The molecule has 21 heavy (non-hydrogen) atoms. The lowest BCUT2D eigenvalue weighted by Gasteiger charge is -2.35. The minimum Gasteiger partial charge on any atom is -0.336 e. The third kappa shape index (κ3) is 4.13. The van der Waals surface area contributed by atoms with Crippen LogP contribution < -0.4 is 5.32 Å². The molecule has 0 aliphatic carbocycles. The predicted molar refractivity (Wildman–Crippen MR) is 80.8 cm³/mol. The van der Waals surface area contributed by atoms with Crippen LogP contribution in [0.1, 0.15) is 19.4 Å². The number of carbonyl (C=O) groups excluding carboxylic acids is 1. The van der Waals surface area contributed by atoms with Crippen molar-refractivity contribution in [3.63, 3.8) is 0 Å². The third-order valence-corrected chi connectivity index (χ3v) is 3.39. The lowest BCUT2D eigenvalue weighted by atomic mass is 10.1. The van der Waals surface area contributed by atoms with Crippen molar-refractivity contribution in [2.45, 2.75) is 25.9 Å². The van der Waals surface area contributed by atoms with Crippen LogP contribution in [0, 0.1) is 10.1 Å². The molecule has 1 heterocycles. The summed E-state index contributed by atoms with van der Waals surface area (Å²) in [5, 5.41) is 13.9. The molecule has 2 atom stereocenters. The number of nitro benzene ring substituents is 1. The number of non-ortho nitro benzene ring substituents is 1. The van der Waals surface area contributed by atoms with Gasteiger partial charge in [-0.25, -0.2) is 0 Å². The van der Waals surface area contributed by atoms with Crippen molar-refractivity contribution in [2.75, 3.05) is 13.1 Å². The summed E-state index contributed by atoms with van der Waals surface area (Å²) in [5.74, 6) is -0.0337. The van der Waals surface area contributed by atoms with E-state index in [1.165, 1.54) is 18.2 Å². The number of rotatable bonds is 3. The lowest BCUT2D eigenvalue weighted by molar-refractivity contribution is -0.384. The fourth-order valence-corrected chi connectivity index (χ4v) is 2.49. The molecule has 6 nitrogen and oxygen atoms in total. The van der Waals surface area contributed by atoms with Crippen molar-refractivity contribution in [2.24, 2.45) is 0 Å². The first-order valence-corrected chi connectivity index (χ1v) is 6.93. The summed E-state index contributed by atoms with van der Waals surface area (Å²) in [7, 11) is 0. The van der Waals surface area contributed by atoms with Crippen LogP contribution >= 0.6 is 0 Å². The average Bonchev–Trinajstić information content (AvgIpc) is 2.44. The quantitative estimate of drug-likeness (QED) is 0.523. The van der Waals surface area contributed by atoms with Gasteiger partial charge in [-0.15, -0.1) is 0 Å². The van der Waals surface area contributed by atoms with Crippen LogP contribution in [0.4, 0.5) is 5.69 Å². The van der Waals surface area contributed by atoms with Crippen molar-refractivity contribution in [3.8, 4) is 0 Å². The van der Waals surface area contributed by atoms with Gasteiger partial charge >= 0.3 is 0 Å². The van der Waals surface area contributed by atoms with Crippen molar-refractivity contribution in [1.29, 1.82) is 0 Å². The summed E-state index contributed by atoms with van der Waals surface area (Å²) in [5.41, 5.74) is 0.813. The van der Waals surface area contributed by atoms with E-state index in [1.54, 1.807) is 18.2 Å². The molecular formula is C15H19N3O3. The smallest absolute Gasteiger partial charge is 0.269 e. The van der Waals surface area contributed by atoms with Gasteiger partial charge in [0.05, 0.1) is 4.92 Å². The first-order valence-electron chi connectivity index (χ1n) is 6.93. The second-order valence-corrected chi connectivity index (χ2v) is 5.39. The Hall–Kier alpha value is -2.21. The van der Waals surface area contributed by atoms with Gasteiger partial charge in [0.1, 0.15) is 0 Å². The highest BCUT2D eigenvalue weighted by Crippen LogP contribution is 2.13. The van der Waals surface area contributed by atoms with Gasteiger partial charge < -0.3 is 10.2 Å². The van der Waals surface area contributed by atoms with E-state index < -0.39 is 4.92 Å². The SMILES string of the molecule is CC1CN(C(=O)C=Cc2ccc([N+](=O)[O-])cc2)CC(C)N1. The molecule has 1 amide bonds. The number of carbonyl (C=O) groups is 1. The summed E-state index contributed by atoms with van der Waals surface area (Å²) < 4.78 is 0. The standard InChI is InChI=1S/C15H19N3O3/c1-11-9-17(10-12(2)16-11)15(19)8-5-13-3-6-14(7-4-13)18(20)21/h3-8,11-12,16H,9-10H2,1-2H3. The van der Waals surface area contributed by atoms with Crippen LogP contribution in [0.5, 0.6) is 0 Å². The number of nitro groups is 1. The van der Waals surface area contributed by atoms with Gasteiger partial charge in [0.25, 0.3) is 5.69 Å². The van der Waals surface area contributed by atoms with Crippen LogP contribution in [0.15, 0.2) is 30.3 Å². The molecule has 1 aromatic carbocycles. The number of benzene rings is 1. The Morgan fingerprint density at radius 1 is 1.29 bits per heavy atom. The summed E-state index contributed by atoms with van der Waals surface area (Å²) in [6, 6.07) is 6.68. The second kappa shape index (κ2) is 6.49. The monoisotopic (exact) mass is 289 g/mol. The molecule has 0 spiro atoms. The zero-order valence-electron chi connectivity index (χ0n) is 12.2. The normalized spacial score (nSPS) is 22.5. The Bertz CT molecular complexity index is 544. The fourth-order valence-electron chi connectivity index (χ4n) is 2.49. The summed E-state index contributed by atoms with van der Waals surface area (Å²) >= 11 is 0. The Morgan fingerprint density at radius 2 is 1.86 bits per heavy atom. The Morgan fingerprint density at radius 3 is 2.38 bits per heavy atom. The lowest BCUT2D eigenvalue weighted by Crippen LogP contribution is -2.55. The van der Waals surface area contributed by atoms with E-state index in [2.05, 4.69) is 19.2 Å². The number of hydrogen-bond acceptors (Lipinski definition) is 4. The summed E-state index contributed by atoms with van der Waals surface area (Å²) in [4.78, 5) is 24.1. The van der Waals surface area contributed by atoms with E-state index in [0.717, 1.165) is 5.56 Å². The summed E-state index contributed by atoms with van der Waals surface area (Å²) in [6.07, 6.45) is 3.20. The van der Waals surface area contributed by atoms with Gasteiger partial charge in [-0.1, -0.05) is 0 Å². The predicted octanol–water partition coefficient (Wildman–Crippen LogP) is 1.82. The molecule has 1 fully saturated rings. The van der Waals surface area contributed by atoms with Crippen LogP contribution in [-0.2, 0) is 4.79 Å². The molecule has 0 saturated carbocycles. The Labute approximate surface area is 123 Å². The van der Waals surface area contributed by atoms with Crippen LogP contribution in [0.2, 0.25) is 0 Å². The molecular weight excluding hydrogens is 270 g/mol. The van der Waals surface area contributed by atoms with E-state index in [1.807, 2.05) is 4.90 Å². The zero-order valence-corrected chi connectivity index (χ0v) is 12.2. The molecule has 112 valence electrons. The molecule has 1 aliphatic rings. The molecule has 0 bridgehead atoms. The van der Waals surface area contributed by atoms with Crippen LogP contribution in [0.25, 0.3) is 6.08 Å². The average molecular weight is 289 g/mol. The molecule has 0 aromatic heterocycles. The van der Waals surface area contributed by atoms with Crippen molar-refractivity contribution < 1.29 is 9.72 Å². The summed E-state index contributed by atoms with van der Waals surface area (Å²) in [6.45, 7) is 5.48. The first-order chi connectivity index (χ1) is 9.95. The largest absolute Gasteiger partial charge is 0.336 e. The molecule has 1 saturated heterocycles. The molecule has 0 radical (unpaired) electrons. The van der Waals surface area contributed by atoms with E-state index in [4.69, 9.17) is 0 Å². The number of nitrogens with zero attached hydrogens (tertiary/aromatic N) is 2. The van der Waals surface area contributed by atoms with Crippen LogP contribution in [0.3, 0.4) is 0 Å². The van der Waals surface area contributed by atoms with E-state index in [9.17, 15) is 14.9 Å². The minimum atomic E-state index is -0.442. The second-order valence-electron chi connectivity index (χ2n) is 5.39. The Kier molecular flexibility index (Phi) is 4.70. The van der Waals surface area contributed by atoms with Crippen molar-refractivity contribution >= 4 is 17.7 Å². The fraction of sp³-hybridized carbons (Fsp3) is 0.400. The van der Waals surface area contributed by atoms with Gasteiger partial charge in [0.2, 0.25) is 5.91 Å². The minimum absolute atomic E-state index is 0.0337. The number of piperazine rings is 1. The van der Waals surface area contributed by atoms with E-state index >= 15 is 0 Å². The maximum Gasteiger partial charge on any atom is 0.269 e. The van der Waals surface area contributed by atoms with Gasteiger partial charge in [0, 0.05) is 43.4 Å². The van der Waals surface area contributed by atoms with Gasteiger partial charge in [0.15, 0.2) is 0 Å². The highest BCUT2D eigenvalue weighted by molar-refractivity contribution is 5.91. The molecule has 2 unspecified atom stereocenters. The highest BCUT2D eigenvalue weighted by Gasteiger charge is 2.23. The number of hydrogen-bond donors (Lipinski definition) is 1. The van der Waals surface area contributed by atoms with Crippen molar-refractivity contribution in [1.82, 2.24) is 10.2 Å². The maximum absolute atomic E-state index is 12.1. The third-order valence-electron chi connectivity index (χ3n) is 3.39. The molecule has 1 N–H and O–H groups in total. The van der Waals surface area contributed by atoms with Gasteiger partial charge in [-0.05, 0) is 37.6 Å².